The predicted molar refractivity (Wildman–Crippen MR) is 123 cm³/mol. The molecule has 0 bridgehead atoms. The van der Waals surface area contributed by atoms with Crippen molar-refractivity contribution in [1.29, 1.82) is 0 Å². The maximum atomic E-state index is 13.2. The van der Waals surface area contributed by atoms with Crippen molar-refractivity contribution in [3.05, 3.63) is 47.3 Å². The van der Waals surface area contributed by atoms with E-state index in [4.69, 9.17) is 0 Å². The minimum Gasteiger partial charge on any atom is -0.392 e. The van der Waals surface area contributed by atoms with Crippen LogP contribution in [0.3, 0.4) is 0 Å². The fourth-order valence-corrected chi connectivity index (χ4v) is 7.11. The van der Waals surface area contributed by atoms with Crippen molar-refractivity contribution in [2.75, 3.05) is 44.2 Å². The molecular formula is C22H28F3N3O4S2. The number of piperazine rings is 1. The number of halogens is 3. The lowest BCUT2D eigenvalue weighted by atomic mass is 9.95. The third-order valence-corrected chi connectivity index (χ3v) is 9.80. The quantitative estimate of drug-likeness (QED) is 0.610. The van der Waals surface area contributed by atoms with Crippen LogP contribution in [0.1, 0.15) is 18.9 Å². The molecule has 0 spiro atoms. The Morgan fingerprint density at radius 1 is 1.09 bits per heavy atom. The van der Waals surface area contributed by atoms with Crippen molar-refractivity contribution >= 4 is 27.0 Å². The molecule has 3 atom stereocenters. The van der Waals surface area contributed by atoms with Crippen LogP contribution in [0, 0.1) is 0 Å². The van der Waals surface area contributed by atoms with Gasteiger partial charge in [-0.25, -0.2) is 8.42 Å². The number of nitrogens with zero attached hydrogens (tertiary/aromatic N) is 3. The molecule has 0 amide bonds. The molecule has 0 aliphatic carbocycles. The minimum absolute atomic E-state index is 0.217. The Bertz CT molecular complexity index is 1080. The maximum Gasteiger partial charge on any atom is 0.421 e. The summed E-state index contributed by atoms with van der Waals surface area (Å²) in [6, 6.07) is 8.58. The second kappa shape index (κ2) is 9.40. The monoisotopic (exact) mass is 519 g/mol. The molecule has 4 rings (SSSR count). The van der Waals surface area contributed by atoms with E-state index in [0.717, 1.165) is 18.3 Å². The zero-order chi connectivity index (χ0) is 24.7. The van der Waals surface area contributed by atoms with E-state index in [0.29, 0.717) is 38.3 Å². The highest BCUT2D eigenvalue weighted by Crippen LogP contribution is 2.39. The number of β-amino-alcohol motifs (C(OH)–C–C–N with tert-alkyl or cyclic N) is 1. The average Bonchev–Trinajstić information content (AvgIpc) is 3.45. The second-order valence-electron chi connectivity index (χ2n) is 8.96. The Morgan fingerprint density at radius 3 is 2.35 bits per heavy atom. The highest BCUT2D eigenvalue weighted by atomic mass is 32.2. The van der Waals surface area contributed by atoms with E-state index in [-0.39, 0.29) is 28.9 Å². The number of benzene rings is 1. The van der Waals surface area contributed by atoms with Crippen LogP contribution in [-0.4, -0.2) is 85.4 Å². The minimum atomic E-state index is -4.81. The molecule has 2 aromatic rings. The largest absolute Gasteiger partial charge is 0.421 e. The van der Waals surface area contributed by atoms with Gasteiger partial charge in [0.15, 0.2) is 5.60 Å². The van der Waals surface area contributed by atoms with Gasteiger partial charge in [-0.15, -0.1) is 11.3 Å². The number of rotatable bonds is 6. The van der Waals surface area contributed by atoms with Crippen LogP contribution in [0.2, 0.25) is 0 Å². The third-order valence-electron chi connectivity index (χ3n) is 6.56. The number of alkyl halides is 3. The summed E-state index contributed by atoms with van der Waals surface area (Å²) in [5.41, 5.74) is -2.58. The fourth-order valence-electron chi connectivity index (χ4n) is 4.50. The van der Waals surface area contributed by atoms with Crippen LogP contribution in [0.15, 0.2) is 46.0 Å². The van der Waals surface area contributed by atoms with Crippen LogP contribution in [0.25, 0.3) is 0 Å². The Balaban J connectivity index is 1.58. The van der Waals surface area contributed by atoms with E-state index in [1.54, 1.807) is 17.5 Å². The lowest BCUT2D eigenvalue weighted by Crippen LogP contribution is -2.58. The first-order valence-electron chi connectivity index (χ1n) is 11.0. The summed E-state index contributed by atoms with van der Waals surface area (Å²) >= 11 is 1.16. The molecule has 0 radical (unpaired) electrons. The van der Waals surface area contributed by atoms with Crippen molar-refractivity contribution in [3.63, 3.8) is 0 Å². The van der Waals surface area contributed by atoms with Crippen molar-refractivity contribution in [2.24, 2.45) is 0 Å². The second-order valence-corrected chi connectivity index (χ2v) is 12.1. The summed E-state index contributed by atoms with van der Waals surface area (Å²) in [4.78, 5) is 4.07. The van der Waals surface area contributed by atoms with Gasteiger partial charge in [0.1, 0.15) is 4.21 Å². The van der Waals surface area contributed by atoms with Gasteiger partial charge in [-0.05, 0) is 42.5 Å². The van der Waals surface area contributed by atoms with E-state index < -0.39 is 27.9 Å². The van der Waals surface area contributed by atoms with Crippen molar-refractivity contribution < 1.29 is 31.8 Å². The van der Waals surface area contributed by atoms with Gasteiger partial charge in [-0.3, -0.25) is 4.90 Å². The molecule has 2 saturated heterocycles. The molecule has 12 heteroatoms. The van der Waals surface area contributed by atoms with E-state index in [1.807, 2.05) is 4.90 Å². The highest BCUT2D eigenvalue weighted by molar-refractivity contribution is 7.91. The summed E-state index contributed by atoms with van der Waals surface area (Å²) in [6.07, 6.45) is -4.59. The van der Waals surface area contributed by atoms with Crippen LogP contribution >= 0.6 is 11.3 Å². The molecule has 3 heterocycles. The first-order valence-corrected chi connectivity index (χ1v) is 13.3. The van der Waals surface area contributed by atoms with Crippen molar-refractivity contribution in [2.45, 2.75) is 41.5 Å². The maximum absolute atomic E-state index is 13.2. The van der Waals surface area contributed by atoms with E-state index >= 15 is 0 Å². The van der Waals surface area contributed by atoms with E-state index in [1.165, 1.54) is 28.6 Å². The lowest BCUT2D eigenvalue weighted by Gasteiger charge is -2.43. The Labute approximate surface area is 201 Å². The first kappa shape index (κ1) is 25.4. The number of anilines is 1. The lowest BCUT2D eigenvalue weighted by molar-refractivity contribution is -0.258. The van der Waals surface area contributed by atoms with Gasteiger partial charge in [0.2, 0.25) is 0 Å². The van der Waals surface area contributed by atoms with E-state index in [2.05, 4.69) is 4.90 Å². The molecule has 2 unspecified atom stereocenters. The molecule has 188 valence electrons. The molecule has 1 aromatic carbocycles. The first-order chi connectivity index (χ1) is 15.9. The highest BCUT2D eigenvalue weighted by Gasteiger charge is 2.51. The van der Waals surface area contributed by atoms with Gasteiger partial charge in [0, 0.05) is 45.0 Å². The molecule has 2 fully saturated rings. The molecular weight excluding hydrogens is 491 g/mol. The average molecular weight is 520 g/mol. The third kappa shape index (κ3) is 4.98. The van der Waals surface area contributed by atoms with Crippen LogP contribution in [0.4, 0.5) is 18.9 Å². The van der Waals surface area contributed by atoms with Crippen molar-refractivity contribution in [1.82, 2.24) is 9.21 Å². The zero-order valence-corrected chi connectivity index (χ0v) is 20.3. The molecule has 1 aromatic heterocycles. The summed E-state index contributed by atoms with van der Waals surface area (Å²) in [5, 5.41) is 21.6. The van der Waals surface area contributed by atoms with Gasteiger partial charge in [0.05, 0.1) is 12.1 Å². The SMILES string of the molecule is CC(O)(c1ccc(N2CCN(S(=O)(=O)c3cccs3)CC2CN2CC[C@@H](O)C2)cc1)C(F)(F)F. The number of aliphatic hydroxyl groups is 2. The summed E-state index contributed by atoms with van der Waals surface area (Å²) in [6.45, 7) is 3.23. The summed E-state index contributed by atoms with van der Waals surface area (Å²) < 4.78 is 67.6. The normalized spacial score (nSPS) is 24.9. The zero-order valence-electron chi connectivity index (χ0n) is 18.6. The number of aliphatic hydroxyl groups excluding tert-OH is 1. The van der Waals surface area contributed by atoms with E-state index in [9.17, 15) is 31.8 Å². The summed E-state index contributed by atoms with van der Waals surface area (Å²) in [7, 11) is -3.64. The molecule has 2 aliphatic heterocycles. The van der Waals surface area contributed by atoms with Gasteiger partial charge < -0.3 is 15.1 Å². The van der Waals surface area contributed by atoms with Gasteiger partial charge >= 0.3 is 6.18 Å². The van der Waals surface area contributed by atoms with Crippen LogP contribution < -0.4 is 4.90 Å². The Morgan fingerprint density at radius 2 is 1.79 bits per heavy atom. The molecule has 2 N–H and O–H groups in total. The summed E-state index contributed by atoms with van der Waals surface area (Å²) in [5.74, 6) is 0. The standard InChI is InChI=1S/C22H28F3N3O4S2/c1-21(30,22(23,24)25)16-4-6-17(7-5-16)28-11-10-27(34(31,32)20-3-2-12-33-20)14-18(28)13-26-9-8-19(29)15-26/h2-7,12,18-19,29-30H,8-11,13-15H2,1H3/t18?,19-,21?/m1/s1. The topological polar surface area (TPSA) is 84.3 Å². The van der Waals surface area contributed by atoms with Crippen LogP contribution in [-0.2, 0) is 15.6 Å². The van der Waals surface area contributed by atoms with Crippen molar-refractivity contribution in [3.8, 4) is 0 Å². The molecule has 0 saturated carbocycles. The molecule has 2 aliphatic rings. The molecule has 7 nitrogen and oxygen atoms in total. The Kier molecular flexibility index (Phi) is 7.02. The number of hydrogen-bond donors (Lipinski definition) is 2. The van der Waals surface area contributed by atoms with Crippen LogP contribution in [0.5, 0.6) is 0 Å². The Hall–Kier alpha value is -1.70. The number of hydrogen-bond acceptors (Lipinski definition) is 7. The van der Waals surface area contributed by atoms with Gasteiger partial charge in [0.25, 0.3) is 10.0 Å². The predicted octanol–water partition coefficient (Wildman–Crippen LogP) is 2.46. The van der Waals surface area contributed by atoms with Gasteiger partial charge in [-0.2, -0.15) is 17.5 Å². The smallest absolute Gasteiger partial charge is 0.392 e. The fraction of sp³-hybridized carbons (Fsp3) is 0.545. The number of sulfonamides is 1. The molecule has 34 heavy (non-hydrogen) atoms. The van der Waals surface area contributed by atoms with Gasteiger partial charge in [-0.1, -0.05) is 18.2 Å². The number of likely N-dealkylation sites (tertiary alicyclic amines) is 1. The number of thiophene rings is 1.